The van der Waals surface area contributed by atoms with Crippen LogP contribution in [0.3, 0.4) is 0 Å². The van der Waals surface area contributed by atoms with E-state index in [0.29, 0.717) is 21.4 Å². The van der Waals surface area contributed by atoms with Crippen LogP contribution in [0.15, 0.2) is 60.9 Å². The fourth-order valence-corrected chi connectivity index (χ4v) is 5.55. The number of hydrogen-bond donors (Lipinski definition) is 2. The lowest BCUT2D eigenvalue weighted by molar-refractivity contribution is 0.175. The summed E-state index contributed by atoms with van der Waals surface area (Å²) in [5.41, 5.74) is 17.2. The van der Waals surface area contributed by atoms with E-state index in [-0.39, 0.29) is 11.5 Å². The number of nitrogens with zero attached hydrogens (tertiary/aromatic N) is 4. The zero-order chi connectivity index (χ0) is 23.9. The van der Waals surface area contributed by atoms with Crippen molar-refractivity contribution in [3.63, 3.8) is 0 Å². The second kappa shape index (κ2) is 9.10. The van der Waals surface area contributed by atoms with Gasteiger partial charge in [0.05, 0.1) is 15.6 Å². The maximum atomic E-state index is 6.58. The number of nitrogens with two attached hydrogens (primary N) is 2. The van der Waals surface area contributed by atoms with Crippen LogP contribution in [0.4, 0.5) is 11.5 Å². The highest BCUT2D eigenvalue weighted by atomic mass is 35.5. The zero-order valence-corrected chi connectivity index (χ0v) is 20.6. The van der Waals surface area contributed by atoms with Gasteiger partial charge in [-0.2, -0.15) is 9.61 Å². The summed E-state index contributed by atoms with van der Waals surface area (Å²) in [4.78, 5) is 6.84. The summed E-state index contributed by atoms with van der Waals surface area (Å²) in [6, 6.07) is 18.2. The number of aromatic nitrogens is 3. The Kier molecular flexibility index (Phi) is 6.15. The van der Waals surface area contributed by atoms with Crippen molar-refractivity contribution in [3.8, 4) is 11.1 Å². The molecule has 1 saturated heterocycles. The Morgan fingerprint density at radius 3 is 2.50 bits per heavy atom. The average molecular weight is 495 g/mol. The van der Waals surface area contributed by atoms with Gasteiger partial charge in [-0.1, -0.05) is 65.7 Å². The van der Waals surface area contributed by atoms with E-state index in [0.717, 1.165) is 49.3 Å². The third-order valence-electron chi connectivity index (χ3n) is 7.23. The van der Waals surface area contributed by atoms with Gasteiger partial charge >= 0.3 is 0 Å². The number of halogens is 2. The molecule has 0 bridgehead atoms. The first-order valence-corrected chi connectivity index (χ1v) is 12.3. The minimum atomic E-state index is 0.0547. The van der Waals surface area contributed by atoms with Gasteiger partial charge in [-0.15, -0.1) is 0 Å². The van der Waals surface area contributed by atoms with Crippen LogP contribution in [0.5, 0.6) is 0 Å². The van der Waals surface area contributed by atoms with E-state index in [1.807, 2.05) is 22.7 Å². The van der Waals surface area contributed by atoms with Gasteiger partial charge in [0, 0.05) is 36.4 Å². The zero-order valence-electron chi connectivity index (χ0n) is 19.1. The van der Waals surface area contributed by atoms with Gasteiger partial charge < -0.3 is 16.4 Å². The van der Waals surface area contributed by atoms with Crippen LogP contribution in [0.2, 0.25) is 10.0 Å². The standard InChI is InChI=1S/C26H28Cl2N6/c1-17(29)26(15-18-6-3-2-4-7-18)10-12-33(13-11-26)22-14-21(30)23(25-31-16-32-34(22)25)19-8-5-9-20(27)24(19)28/h2-9,14,16-17H,10-13,15,29-30H2,1H3. The number of hydrogen-bond acceptors (Lipinski definition) is 5. The molecular weight excluding hydrogens is 467 g/mol. The van der Waals surface area contributed by atoms with Gasteiger partial charge in [0.25, 0.3) is 0 Å². The summed E-state index contributed by atoms with van der Waals surface area (Å²) in [5, 5.41) is 5.45. The van der Waals surface area contributed by atoms with E-state index in [1.54, 1.807) is 12.4 Å². The summed E-state index contributed by atoms with van der Waals surface area (Å²) in [7, 11) is 0. The molecule has 1 atom stereocenters. The molecule has 176 valence electrons. The lowest BCUT2D eigenvalue weighted by Gasteiger charge is -2.45. The van der Waals surface area contributed by atoms with E-state index < -0.39 is 0 Å². The second-order valence-electron chi connectivity index (χ2n) is 9.23. The minimum absolute atomic E-state index is 0.0547. The van der Waals surface area contributed by atoms with Crippen LogP contribution in [-0.2, 0) is 6.42 Å². The molecule has 0 radical (unpaired) electrons. The number of benzene rings is 2. The second-order valence-corrected chi connectivity index (χ2v) is 10.0. The Balaban J connectivity index is 1.47. The molecule has 4 aromatic rings. The van der Waals surface area contributed by atoms with Crippen molar-refractivity contribution >= 4 is 40.4 Å². The first-order valence-electron chi connectivity index (χ1n) is 11.5. The van der Waals surface area contributed by atoms with Gasteiger partial charge in [0.1, 0.15) is 12.1 Å². The van der Waals surface area contributed by atoms with Crippen molar-refractivity contribution in [3.05, 3.63) is 76.5 Å². The molecule has 1 fully saturated rings. The first-order chi connectivity index (χ1) is 16.4. The van der Waals surface area contributed by atoms with Gasteiger partial charge in [-0.25, -0.2) is 4.98 Å². The fraction of sp³-hybridized carbons (Fsp3) is 0.308. The molecule has 1 aliphatic heterocycles. The first kappa shape index (κ1) is 23.0. The molecule has 2 aromatic carbocycles. The monoisotopic (exact) mass is 494 g/mol. The van der Waals surface area contributed by atoms with Crippen LogP contribution in [0, 0.1) is 5.41 Å². The highest BCUT2D eigenvalue weighted by molar-refractivity contribution is 6.44. The molecule has 6 nitrogen and oxygen atoms in total. The molecule has 3 heterocycles. The smallest absolute Gasteiger partial charge is 0.167 e. The van der Waals surface area contributed by atoms with E-state index in [1.165, 1.54) is 5.56 Å². The molecule has 0 saturated carbocycles. The van der Waals surface area contributed by atoms with Gasteiger partial charge in [0.2, 0.25) is 0 Å². The number of nitrogen functional groups attached to an aromatic ring is 1. The number of piperidine rings is 1. The molecule has 8 heteroatoms. The van der Waals surface area contributed by atoms with Gasteiger partial charge in [-0.3, -0.25) is 0 Å². The maximum absolute atomic E-state index is 6.58. The largest absolute Gasteiger partial charge is 0.398 e. The Morgan fingerprint density at radius 2 is 1.79 bits per heavy atom. The summed E-state index contributed by atoms with van der Waals surface area (Å²) in [6.45, 7) is 3.86. The number of anilines is 2. The van der Waals surface area contributed by atoms with Crippen LogP contribution in [-0.4, -0.2) is 33.7 Å². The molecule has 5 rings (SSSR count). The number of pyridine rings is 1. The van der Waals surface area contributed by atoms with Crippen LogP contribution < -0.4 is 16.4 Å². The van der Waals surface area contributed by atoms with Crippen molar-refractivity contribution in [2.75, 3.05) is 23.7 Å². The quantitative estimate of drug-likeness (QED) is 0.384. The van der Waals surface area contributed by atoms with Crippen LogP contribution in [0.25, 0.3) is 16.8 Å². The molecule has 1 unspecified atom stereocenters. The van der Waals surface area contributed by atoms with E-state index >= 15 is 0 Å². The molecule has 34 heavy (non-hydrogen) atoms. The SMILES string of the molecule is CC(N)C1(Cc2ccccc2)CCN(c2cc(N)c(-c3cccc(Cl)c3Cl)c3ncnn23)CC1. The highest BCUT2D eigenvalue weighted by Crippen LogP contribution is 2.42. The van der Waals surface area contributed by atoms with Crippen LogP contribution in [0.1, 0.15) is 25.3 Å². The summed E-state index contributed by atoms with van der Waals surface area (Å²) in [6.07, 6.45) is 4.49. The average Bonchev–Trinajstić information content (AvgIpc) is 3.32. The molecule has 0 aliphatic carbocycles. The lowest BCUT2D eigenvalue weighted by Crippen LogP contribution is -2.50. The van der Waals surface area contributed by atoms with Gasteiger partial charge in [0.15, 0.2) is 5.65 Å². The molecule has 2 aromatic heterocycles. The molecular formula is C26H28Cl2N6. The van der Waals surface area contributed by atoms with Crippen molar-refractivity contribution in [2.24, 2.45) is 11.1 Å². The normalized spacial score (nSPS) is 16.6. The predicted molar refractivity (Wildman–Crippen MR) is 141 cm³/mol. The fourth-order valence-electron chi connectivity index (χ4n) is 5.16. The topological polar surface area (TPSA) is 85.5 Å². The summed E-state index contributed by atoms with van der Waals surface area (Å²) >= 11 is 12.8. The highest BCUT2D eigenvalue weighted by Gasteiger charge is 2.38. The van der Waals surface area contributed by atoms with E-state index in [4.69, 9.17) is 34.7 Å². The molecule has 4 N–H and O–H groups in total. The van der Waals surface area contributed by atoms with E-state index in [2.05, 4.69) is 52.2 Å². The summed E-state index contributed by atoms with van der Waals surface area (Å²) in [5.74, 6) is 0.921. The Morgan fingerprint density at radius 1 is 1.06 bits per heavy atom. The van der Waals surface area contributed by atoms with Crippen molar-refractivity contribution < 1.29 is 0 Å². The van der Waals surface area contributed by atoms with Crippen LogP contribution >= 0.6 is 23.2 Å². The van der Waals surface area contributed by atoms with Crippen molar-refractivity contribution in [1.82, 2.24) is 14.6 Å². The minimum Gasteiger partial charge on any atom is -0.398 e. The number of fused-ring (bicyclic) bond motifs is 1. The van der Waals surface area contributed by atoms with Crippen molar-refractivity contribution in [2.45, 2.75) is 32.2 Å². The predicted octanol–water partition coefficient (Wildman–Crippen LogP) is 5.46. The number of rotatable bonds is 5. The Labute approximate surface area is 209 Å². The summed E-state index contributed by atoms with van der Waals surface area (Å²) < 4.78 is 1.85. The lowest BCUT2D eigenvalue weighted by atomic mass is 9.69. The maximum Gasteiger partial charge on any atom is 0.167 e. The van der Waals surface area contributed by atoms with Gasteiger partial charge in [-0.05, 0) is 43.2 Å². The van der Waals surface area contributed by atoms with Crippen molar-refractivity contribution in [1.29, 1.82) is 0 Å². The molecule has 0 amide bonds. The Hall–Kier alpha value is -2.80. The third kappa shape index (κ3) is 4.00. The molecule has 1 aliphatic rings. The Bertz CT molecular complexity index is 1310. The molecule has 0 spiro atoms. The van der Waals surface area contributed by atoms with E-state index in [9.17, 15) is 0 Å². The third-order valence-corrected chi connectivity index (χ3v) is 8.05.